The van der Waals surface area contributed by atoms with Crippen molar-refractivity contribution in [3.63, 3.8) is 0 Å². The smallest absolute Gasteiger partial charge is 0.120 e. The fraction of sp³-hybridized carbons (Fsp3) is 0.250. The molecular formula is C16H17N3O. The fourth-order valence-corrected chi connectivity index (χ4v) is 2.53. The fourth-order valence-electron chi connectivity index (χ4n) is 2.53. The summed E-state index contributed by atoms with van der Waals surface area (Å²) < 4.78 is 0. The van der Waals surface area contributed by atoms with E-state index in [0.717, 1.165) is 47.0 Å². The molecule has 0 amide bonds. The minimum atomic E-state index is 0.358. The standard InChI is InChI=1S/C16H17N3O/c1-2-3-6-12-11(7-5-10-15(12)20)13-8-4-9-14-16(13)18-19-17-14/h4-5,7-10,20H,2-3,6H2,1H3,(H,17,18,19). The van der Waals surface area contributed by atoms with Crippen LogP contribution in [0.15, 0.2) is 36.4 Å². The first-order chi connectivity index (χ1) is 9.81. The van der Waals surface area contributed by atoms with Crippen molar-refractivity contribution in [1.82, 2.24) is 15.4 Å². The Morgan fingerprint density at radius 1 is 1.05 bits per heavy atom. The zero-order chi connectivity index (χ0) is 13.9. The number of hydrogen-bond acceptors (Lipinski definition) is 3. The average Bonchev–Trinajstić information content (AvgIpc) is 2.94. The van der Waals surface area contributed by atoms with Crippen molar-refractivity contribution in [2.45, 2.75) is 26.2 Å². The molecule has 1 heterocycles. The monoisotopic (exact) mass is 267 g/mol. The highest BCUT2D eigenvalue weighted by atomic mass is 16.3. The van der Waals surface area contributed by atoms with Crippen LogP contribution in [0.2, 0.25) is 0 Å². The Morgan fingerprint density at radius 2 is 1.85 bits per heavy atom. The first kappa shape index (κ1) is 12.7. The van der Waals surface area contributed by atoms with Crippen molar-refractivity contribution in [2.75, 3.05) is 0 Å². The molecule has 102 valence electrons. The van der Waals surface area contributed by atoms with Crippen molar-refractivity contribution in [1.29, 1.82) is 0 Å². The third kappa shape index (κ3) is 2.13. The van der Waals surface area contributed by atoms with Crippen molar-refractivity contribution in [2.24, 2.45) is 0 Å². The van der Waals surface area contributed by atoms with Gasteiger partial charge in [-0.3, -0.25) is 0 Å². The van der Waals surface area contributed by atoms with Crippen molar-refractivity contribution in [3.05, 3.63) is 42.0 Å². The second kappa shape index (κ2) is 5.33. The summed E-state index contributed by atoms with van der Waals surface area (Å²) >= 11 is 0. The predicted octanol–water partition coefficient (Wildman–Crippen LogP) is 3.67. The van der Waals surface area contributed by atoms with Gasteiger partial charge in [-0.25, -0.2) is 0 Å². The van der Waals surface area contributed by atoms with E-state index in [4.69, 9.17) is 0 Å². The number of aromatic nitrogens is 3. The van der Waals surface area contributed by atoms with Gasteiger partial charge in [-0.2, -0.15) is 15.4 Å². The normalized spacial score (nSPS) is 11.1. The van der Waals surface area contributed by atoms with E-state index in [0.29, 0.717) is 5.75 Å². The number of unbranched alkanes of at least 4 members (excludes halogenated alkanes) is 1. The van der Waals surface area contributed by atoms with Crippen LogP contribution < -0.4 is 0 Å². The van der Waals surface area contributed by atoms with Crippen LogP contribution in [0.1, 0.15) is 25.3 Å². The van der Waals surface area contributed by atoms with Gasteiger partial charge in [0, 0.05) is 11.1 Å². The number of aromatic amines is 1. The summed E-state index contributed by atoms with van der Waals surface area (Å²) in [6.45, 7) is 2.15. The van der Waals surface area contributed by atoms with Crippen molar-refractivity contribution < 1.29 is 5.11 Å². The van der Waals surface area contributed by atoms with E-state index >= 15 is 0 Å². The number of nitrogens with one attached hydrogen (secondary N) is 1. The molecule has 0 spiro atoms. The summed E-state index contributed by atoms with van der Waals surface area (Å²) in [4.78, 5) is 0. The van der Waals surface area contributed by atoms with E-state index in [9.17, 15) is 5.11 Å². The highest BCUT2D eigenvalue weighted by Crippen LogP contribution is 2.34. The lowest BCUT2D eigenvalue weighted by molar-refractivity contribution is 0.467. The molecule has 0 saturated carbocycles. The Balaban J connectivity index is 2.18. The quantitative estimate of drug-likeness (QED) is 0.758. The van der Waals surface area contributed by atoms with Gasteiger partial charge in [-0.1, -0.05) is 37.6 Å². The summed E-state index contributed by atoms with van der Waals surface area (Å²) in [5.74, 6) is 0.358. The Bertz CT molecular complexity index is 733. The van der Waals surface area contributed by atoms with Crippen LogP contribution in [0.25, 0.3) is 22.2 Å². The van der Waals surface area contributed by atoms with Gasteiger partial charge in [0.2, 0.25) is 0 Å². The lowest BCUT2D eigenvalue weighted by atomic mass is 9.94. The van der Waals surface area contributed by atoms with Crippen LogP contribution in [0.5, 0.6) is 5.75 Å². The summed E-state index contributed by atoms with van der Waals surface area (Å²) in [7, 11) is 0. The molecule has 0 unspecified atom stereocenters. The van der Waals surface area contributed by atoms with Crippen LogP contribution in [-0.2, 0) is 6.42 Å². The number of rotatable bonds is 4. The van der Waals surface area contributed by atoms with Gasteiger partial charge in [0.15, 0.2) is 0 Å². The molecule has 0 fully saturated rings. The van der Waals surface area contributed by atoms with Gasteiger partial charge in [-0.15, -0.1) is 0 Å². The Kier molecular flexibility index (Phi) is 3.37. The Hall–Kier alpha value is -2.36. The average molecular weight is 267 g/mol. The number of H-pyrrole nitrogens is 1. The van der Waals surface area contributed by atoms with E-state index in [1.807, 2.05) is 30.3 Å². The van der Waals surface area contributed by atoms with Gasteiger partial charge in [0.05, 0.1) is 0 Å². The molecule has 0 bridgehead atoms. The molecule has 0 aliphatic heterocycles. The zero-order valence-corrected chi connectivity index (χ0v) is 11.4. The van der Waals surface area contributed by atoms with E-state index in [-0.39, 0.29) is 0 Å². The van der Waals surface area contributed by atoms with Crippen LogP contribution in [-0.4, -0.2) is 20.5 Å². The largest absolute Gasteiger partial charge is 0.508 e. The molecule has 20 heavy (non-hydrogen) atoms. The Labute approximate surface area is 117 Å². The van der Waals surface area contributed by atoms with Gasteiger partial charge in [-0.05, 0) is 30.5 Å². The molecule has 0 aliphatic carbocycles. The molecule has 0 aliphatic rings. The second-order valence-corrected chi connectivity index (χ2v) is 4.90. The molecule has 0 atom stereocenters. The maximum Gasteiger partial charge on any atom is 0.120 e. The zero-order valence-electron chi connectivity index (χ0n) is 11.4. The number of nitrogens with zero attached hydrogens (tertiary/aromatic N) is 2. The third-order valence-electron chi connectivity index (χ3n) is 3.57. The van der Waals surface area contributed by atoms with Crippen molar-refractivity contribution >= 4 is 11.0 Å². The molecule has 2 N–H and O–H groups in total. The molecule has 1 aromatic heterocycles. The van der Waals surface area contributed by atoms with Crippen molar-refractivity contribution in [3.8, 4) is 16.9 Å². The molecular weight excluding hydrogens is 250 g/mol. The third-order valence-corrected chi connectivity index (χ3v) is 3.57. The summed E-state index contributed by atoms with van der Waals surface area (Å²) in [5, 5.41) is 21.2. The molecule has 0 saturated heterocycles. The van der Waals surface area contributed by atoms with Gasteiger partial charge < -0.3 is 5.11 Å². The summed E-state index contributed by atoms with van der Waals surface area (Å²) in [5.41, 5.74) is 4.73. The molecule has 2 aromatic carbocycles. The van der Waals surface area contributed by atoms with E-state index < -0.39 is 0 Å². The number of para-hydroxylation sites is 1. The summed E-state index contributed by atoms with van der Waals surface area (Å²) in [6.07, 6.45) is 3.02. The second-order valence-electron chi connectivity index (χ2n) is 4.90. The number of hydrogen-bond donors (Lipinski definition) is 2. The summed E-state index contributed by atoms with van der Waals surface area (Å²) in [6, 6.07) is 11.6. The van der Waals surface area contributed by atoms with Gasteiger partial charge >= 0.3 is 0 Å². The van der Waals surface area contributed by atoms with E-state index in [1.165, 1.54) is 0 Å². The highest BCUT2D eigenvalue weighted by Gasteiger charge is 2.13. The maximum atomic E-state index is 10.2. The lowest BCUT2D eigenvalue weighted by Gasteiger charge is -2.11. The van der Waals surface area contributed by atoms with E-state index in [1.54, 1.807) is 6.07 Å². The van der Waals surface area contributed by atoms with E-state index in [2.05, 4.69) is 22.3 Å². The first-order valence-corrected chi connectivity index (χ1v) is 6.92. The molecule has 4 heteroatoms. The topological polar surface area (TPSA) is 61.8 Å². The minimum Gasteiger partial charge on any atom is -0.508 e. The first-order valence-electron chi connectivity index (χ1n) is 6.92. The molecule has 3 rings (SSSR count). The van der Waals surface area contributed by atoms with Crippen LogP contribution in [0, 0.1) is 0 Å². The van der Waals surface area contributed by atoms with Gasteiger partial charge in [0.1, 0.15) is 16.8 Å². The number of aromatic hydroxyl groups is 1. The van der Waals surface area contributed by atoms with Crippen LogP contribution in [0.4, 0.5) is 0 Å². The van der Waals surface area contributed by atoms with Crippen LogP contribution in [0.3, 0.4) is 0 Å². The number of benzene rings is 2. The number of phenols is 1. The Morgan fingerprint density at radius 3 is 2.70 bits per heavy atom. The number of phenolic OH excluding ortho intramolecular Hbond substituents is 1. The lowest BCUT2D eigenvalue weighted by Crippen LogP contribution is -1.92. The molecule has 3 aromatic rings. The number of fused-ring (bicyclic) bond motifs is 1. The molecule has 0 radical (unpaired) electrons. The van der Waals surface area contributed by atoms with Gasteiger partial charge in [0.25, 0.3) is 0 Å². The highest BCUT2D eigenvalue weighted by molar-refractivity contribution is 5.92. The minimum absolute atomic E-state index is 0.358. The maximum absolute atomic E-state index is 10.2. The molecule has 4 nitrogen and oxygen atoms in total. The predicted molar refractivity (Wildman–Crippen MR) is 79.6 cm³/mol. The van der Waals surface area contributed by atoms with Crippen LogP contribution >= 0.6 is 0 Å². The SMILES string of the molecule is CCCCc1c(O)cccc1-c1cccc2n[nH]nc12.